The van der Waals surface area contributed by atoms with Crippen molar-refractivity contribution in [3.05, 3.63) is 47.9 Å². The molecule has 0 radical (unpaired) electrons. The van der Waals surface area contributed by atoms with Gasteiger partial charge in [0.2, 0.25) is 0 Å². The summed E-state index contributed by atoms with van der Waals surface area (Å²) < 4.78 is 0. The van der Waals surface area contributed by atoms with Crippen LogP contribution < -0.4 is 10.6 Å². The van der Waals surface area contributed by atoms with Crippen molar-refractivity contribution in [3.63, 3.8) is 0 Å². The van der Waals surface area contributed by atoms with Crippen LogP contribution in [0.15, 0.2) is 47.9 Å². The molecule has 0 saturated carbocycles. The fourth-order valence-corrected chi connectivity index (χ4v) is 1.18. The molecule has 2 aliphatic rings. The largest absolute Gasteiger partial charge is 0.339 e. The van der Waals surface area contributed by atoms with E-state index in [1.54, 1.807) is 0 Å². The Labute approximate surface area is 83.2 Å². The Balaban J connectivity index is 2.28. The van der Waals surface area contributed by atoms with Crippen molar-refractivity contribution in [2.24, 2.45) is 0 Å². The minimum Gasteiger partial charge on any atom is -0.339 e. The van der Waals surface area contributed by atoms with Gasteiger partial charge in [-0.05, 0) is 11.5 Å². The SMILES string of the molecule is CN1C=CNC1=C=C=C1NC=CN1C. The van der Waals surface area contributed by atoms with Crippen molar-refractivity contribution in [2.75, 3.05) is 14.1 Å². The Morgan fingerprint density at radius 2 is 1.36 bits per heavy atom. The number of nitrogens with zero attached hydrogens (tertiary/aromatic N) is 2. The molecule has 4 heteroatoms. The third-order valence-corrected chi connectivity index (χ3v) is 2.04. The van der Waals surface area contributed by atoms with Gasteiger partial charge in [-0.25, -0.2) is 0 Å². The lowest BCUT2D eigenvalue weighted by Gasteiger charge is -2.07. The zero-order valence-electron chi connectivity index (χ0n) is 8.20. The highest BCUT2D eigenvalue weighted by atomic mass is 15.3. The highest BCUT2D eigenvalue weighted by molar-refractivity contribution is 5.15. The second-order valence-corrected chi connectivity index (χ2v) is 3.09. The molecule has 0 aliphatic carbocycles. The minimum atomic E-state index is 0.889. The van der Waals surface area contributed by atoms with Crippen molar-refractivity contribution in [1.82, 2.24) is 20.4 Å². The zero-order chi connectivity index (χ0) is 9.97. The fraction of sp³-hybridized carbons (Fsp3) is 0.200. The molecule has 0 fully saturated rings. The summed E-state index contributed by atoms with van der Waals surface area (Å²) in [7, 11) is 3.91. The number of hydrogen-bond donors (Lipinski definition) is 2. The molecule has 0 aromatic heterocycles. The van der Waals surface area contributed by atoms with Gasteiger partial charge in [0.25, 0.3) is 0 Å². The van der Waals surface area contributed by atoms with Crippen LogP contribution in [0.2, 0.25) is 0 Å². The molecule has 0 amide bonds. The van der Waals surface area contributed by atoms with Gasteiger partial charge in [-0.1, -0.05) is 0 Å². The van der Waals surface area contributed by atoms with Gasteiger partial charge in [-0.15, -0.1) is 0 Å². The van der Waals surface area contributed by atoms with Gasteiger partial charge >= 0.3 is 0 Å². The van der Waals surface area contributed by atoms with E-state index in [4.69, 9.17) is 0 Å². The summed E-state index contributed by atoms with van der Waals surface area (Å²) in [6.45, 7) is 0. The number of hydrogen-bond acceptors (Lipinski definition) is 4. The molecular weight excluding hydrogens is 176 g/mol. The standard InChI is InChI=1S/C10H12N4/c1-13-7-5-11-9(13)3-4-10-12-6-8-14(10)2/h5-8,11-12H,1-2H3. The summed E-state index contributed by atoms with van der Waals surface area (Å²) >= 11 is 0. The summed E-state index contributed by atoms with van der Waals surface area (Å²) in [6.07, 6.45) is 7.58. The number of rotatable bonds is 0. The first-order valence-electron chi connectivity index (χ1n) is 4.35. The second-order valence-electron chi connectivity index (χ2n) is 3.09. The molecule has 0 bridgehead atoms. The van der Waals surface area contributed by atoms with Crippen LogP contribution >= 0.6 is 0 Å². The minimum absolute atomic E-state index is 0.889. The van der Waals surface area contributed by atoms with E-state index in [0.29, 0.717) is 0 Å². The molecule has 4 nitrogen and oxygen atoms in total. The molecule has 0 unspecified atom stereocenters. The van der Waals surface area contributed by atoms with Crippen LogP contribution in [0.5, 0.6) is 0 Å². The third-order valence-electron chi connectivity index (χ3n) is 2.04. The summed E-state index contributed by atoms with van der Waals surface area (Å²) in [5.41, 5.74) is 6.08. The Kier molecular flexibility index (Phi) is 2.07. The molecule has 14 heavy (non-hydrogen) atoms. The van der Waals surface area contributed by atoms with Crippen molar-refractivity contribution in [2.45, 2.75) is 0 Å². The lowest BCUT2D eigenvalue weighted by molar-refractivity contribution is 0.566. The highest BCUT2D eigenvalue weighted by Gasteiger charge is 2.05. The quantitative estimate of drug-likeness (QED) is 0.540. The van der Waals surface area contributed by atoms with Crippen LogP contribution in [-0.4, -0.2) is 23.9 Å². The maximum atomic E-state index is 3.05. The van der Waals surface area contributed by atoms with E-state index in [1.807, 2.05) is 48.7 Å². The molecule has 0 atom stereocenters. The van der Waals surface area contributed by atoms with Crippen LogP contribution in [0, 0.1) is 0 Å². The van der Waals surface area contributed by atoms with E-state index in [1.165, 1.54) is 0 Å². The first-order chi connectivity index (χ1) is 6.77. The van der Waals surface area contributed by atoms with Crippen molar-refractivity contribution in [1.29, 1.82) is 0 Å². The fourth-order valence-electron chi connectivity index (χ4n) is 1.18. The van der Waals surface area contributed by atoms with Crippen LogP contribution in [0.25, 0.3) is 0 Å². The Morgan fingerprint density at radius 3 is 1.64 bits per heavy atom. The lowest BCUT2D eigenvalue weighted by atomic mass is 10.6. The smallest absolute Gasteiger partial charge is 0.163 e. The monoisotopic (exact) mass is 188 g/mol. The molecule has 0 saturated heterocycles. The molecule has 2 heterocycles. The van der Waals surface area contributed by atoms with E-state index >= 15 is 0 Å². The van der Waals surface area contributed by atoms with Gasteiger partial charge in [0.05, 0.1) is 0 Å². The summed E-state index contributed by atoms with van der Waals surface area (Å²) in [6, 6.07) is 0. The van der Waals surface area contributed by atoms with E-state index in [9.17, 15) is 0 Å². The van der Waals surface area contributed by atoms with Crippen LogP contribution in [0.1, 0.15) is 0 Å². The van der Waals surface area contributed by atoms with Crippen molar-refractivity contribution < 1.29 is 0 Å². The van der Waals surface area contributed by atoms with E-state index in [-0.39, 0.29) is 0 Å². The Bertz CT molecular complexity index is 354. The van der Waals surface area contributed by atoms with Crippen LogP contribution in [0.4, 0.5) is 0 Å². The lowest BCUT2D eigenvalue weighted by Crippen LogP contribution is -2.13. The van der Waals surface area contributed by atoms with Gasteiger partial charge in [0.1, 0.15) is 0 Å². The normalized spacial score (nSPS) is 18.1. The highest BCUT2D eigenvalue weighted by Crippen LogP contribution is 2.04. The first kappa shape index (κ1) is 8.57. The van der Waals surface area contributed by atoms with Crippen molar-refractivity contribution >= 4 is 0 Å². The van der Waals surface area contributed by atoms with Gasteiger partial charge in [-0.3, -0.25) is 0 Å². The van der Waals surface area contributed by atoms with Gasteiger partial charge in [-0.2, -0.15) is 0 Å². The number of nitrogens with one attached hydrogen (secondary N) is 2. The summed E-state index contributed by atoms with van der Waals surface area (Å²) in [4.78, 5) is 3.88. The van der Waals surface area contributed by atoms with Gasteiger partial charge < -0.3 is 20.4 Å². The predicted octanol–water partition coefficient (Wildman–Crippen LogP) is 0.436. The van der Waals surface area contributed by atoms with Crippen LogP contribution in [0.3, 0.4) is 0 Å². The van der Waals surface area contributed by atoms with Gasteiger partial charge in [0.15, 0.2) is 11.6 Å². The maximum absolute atomic E-state index is 3.05. The average Bonchev–Trinajstić information content (AvgIpc) is 2.72. The summed E-state index contributed by atoms with van der Waals surface area (Å²) in [5, 5.41) is 6.11. The maximum Gasteiger partial charge on any atom is 0.163 e. The predicted molar refractivity (Wildman–Crippen MR) is 54.1 cm³/mol. The topological polar surface area (TPSA) is 30.5 Å². The molecule has 0 aromatic carbocycles. The van der Waals surface area contributed by atoms with Gasteiger partial charge in [0, 0.05) is 38.9 Å². The Morgan fingerprint density at radius 1 is 0.929 bits per heavy atom. The molecule has 0 spiro atoms. The van der Waals surface area contributed by atoms with E-state index in [0.717, 1.165) is 11.6 Å². The van der Waals surface area contributed by atoms with Crippen LogP contribution in [-0.2, 0) is 0 Å². The second kappa shape index (κ2) is 3.38. The molecule has 2 rings (SSSR count). The van der Waals surface area contributed by atoms with Crippen molar-refractivity contribution in [3.8, 4) is 0 Å². The third kappa shape index (κ3) is 1.52. The molecular formula is C10H12N4. The Hall–Kier alpha value is -2.02. The molecule has 0 aromatic rings. The molecule has 2 N–H and O–H groups in total. The first-order valence-corrected chi connectivity index (χ1v) is 4.35. The molecule has 2 aliphatic heterocycles. The van der Waals surface area contributed by atoms with E-state index < -0.39 is 0 Å². The van der Waals surface area contributed by atoms with E-state index in [2.05, 4.69) is 22.1 Å². The average molecular weight is 188 g/mol. The zero-order valence-corrected chi connectivity index (χ0v) is 8.20. The molecule has 72 valence electrons. The summed E-state index contributed by atoms with van der Waals surface area (Å²) in [5.74, 6) is 1.78.